The molecule has 0 aromatic carbocycles. The number of hydrogen-bond acceptors (Lipinski definition) is 3. The van der Waals surface area contributed by atoms with Crippen LogP contribution in [0.15, 0.2) is 4.99 Å². The van der Waals surface area contributed by atoms with Crippen molar-refractivity contribution in [1.82, 2.24) is 5.32 Å². The SMILES string of the molecule is CCNC(N)=NCCC(=O)OCC. The summed E-state index contributed by atoms with van der Waals surface area (Å²) in [7, 11) is 0. The molecule has 0 spiro atoms. The zero-order valence-corrected chi connectivity index (χ0v) is 8.17. The van der Waals surface area contributed by atoms with Gasteiger partial charge in [-0.05, 0) is 13.8 Å². The van der Waals surface area contributed by atoms with Crippen molar-refractivity contribution < 1.29 is 9.53 Å². The number of nitrogens with one attached hydrogen (secondary N) is 1. The summed E-state index contributed by atoms with van der Waals surface area (Å²) in [5.74, 6) is 0.127. The van der Waals surface area contributed by atoms with Gasteiger partial charge in [0.05, 0.1) is 19.6 Å². The Morgan fingerprint density at radius 1 is 1.54 bits per heavy atom. The van der Waals surface area contributed by atoms with Crippen LogP contribution in [-0.4, -0.2) is 31.6 Å². The van der Waals surface area contributed by atoms with Crippen molar-refractivity contribution >= 4 is 11.9 Å². The molecule has 0 saturated carbocycles. The minimum Gasteiger partial charge on any atom is -0.466 e. The van der Waals surface area contributed by atoms with Crippen molar-refractivity contribution in [2.75, 3.05) is 19.7 Å². The molecule has 0 rings (SSSR count). The summed E-state index contributed by atoms with van der Waals surface area (Å²) in [5.41, 5.74) is 5.43. The first-order chi connectivity index (χ1) is 6.20. The molecule has 0 bridgehead atoms. The molecule has 0 fully saturated rings. The average molecular weight is 187 g/mol. The third-order valence-corrected chi connectivity index (χ3v) is 1.26. The summed E-state index contributed by atoms with van der Waals surface area (Å²) in [6.07, 6.45) is 0.278. The fourth-order valence-electron chi connectivity index (χ4n) is 0.738. The number of nitrogens with zero attached hydrogens (tertiary/aromatic N) is 1. The molecule has 0 aliphatic carbocycles. The maximum Gasteiger partial charge on any atom is 0.307 e. The summed E-state index contributed by atoms with van der Waals surface area (Å²) in [4.78, 5) is 14.7. The predicted octanol–water partition coefficient (Wildman–Crippen LogP) is -0.136. The number of aliphatic imine (C=N–C) groups is 1. The minimum atomic E-state index is -0.240. The Bertz CT molecular complexity index is 180. The molecule has 0 unspecified atom stereocenters. The van der Waals surface area contributed by atoms with Gasteiger partial charge in [0, 0.05) is 6.54 Å². The van der Waals surface area contributed by atoms with Crippen LogP contribution in [-0.2, 0) is 9.53 Å². The van der Waals surface area contributed by atoms with Crippen molar-refractivity contribution in [1.29, 1.82) is 0 Å². The molecule has 76 valence electrons. The van der Waals surface area contributed by atoms with Gasteiger partial charge in [-0.3, -0.25) is 9.79 Å². The Morgan fingerprint density at radius 3 is 2.77 bits per heavy atom. The Labute approximate surface area is 78.4 Å². The minimum absolute atomic E-state index is 0.240. The van der Waals surface area contributed by atoms with E-state index >= 15 is 0 Å². The zero-order chi connectivity index (χ0) is 10.1. The third kappa shape index (κ3) is 7.11. The van der Waals surface area contributed by atoms with Gasteiger partial charge in [-0.2, -0.15) is 0 Å². The van der Waals surface area contributed by atoms with E-state index in [1.807, 2.05) is 6.92 Å². The second kappa shape index (κ2) is 7.39. The van der Waals surface area contributed by atoms with Gasteiger partial charge in [0.2, 0.25) is 0 Å². The lowest BCUT2D eigenvalue weighted by Gasteiger charge is -2.01. The normalized spacial score (nSPS) is 11.1. The van der Waals surface area contributed by atoms with Crippen LogP contribution >= 0.6 is 0 Å². The monoisotopic (exact) mass is 187 g/mol. The number of hydrogen-bond donors (Lipinski definition) is 2. The van der Waals surface area contributed by atoms with Crippen LogP contribution < -0.4 is 11.1 Å². The smallest absolute Gasteiger partial charge is 0.307 e. The van der Waals surface area contributed by atoms with Crippen molar-refractivity contribution in [3.63, 3.8) is 0 Å². The molecule has 0 saturated heterocycles. The molecule has 0 aromatic rings. The van der Waals surface area contributed by atoms with Gasteiger partial charge in [0.1, 0.15) is 0 Å². The van der Waals surface area contributed by atoms with E-state index in [0.717, 1.165) is 6.54 Å². The summed E-state index contributed by atoms with van der Waals surface area (Å²) in [6, 6.07) is 0. The Hall–Kier alpha value is -1.26. The Kier molecular flexibility index (Phi) is 6.68. The van der Waals surface area contributed by atoms with Crippen molar-refractivity contribution in [2.24, 2.45) is 10.7 Å². The molecule has 3 N–H and O–H groups in total. The van der Waals surface area contributed by atoms with E-state index in [1.54, 1.807) is 6.92 Å². The largest absolute Gasteiger partial charge is 0.466 e. The topological polar surface area (TPSA) is 76.7 Å². The second-order valence-corrected chi connectivity index (χ2v) is 2.35. The molecule has 5 nitrogen and oxygen atoms in total. The van der Waals surface area contributed by atoms with Gasteiger partial charge in [-0.1, -0.05) is 0 Å². The van der Waals surface area contributed by atoms with Gasteiger partial charge >= 0.3 is 5.97 Å². The first-order valence-electron chi connectivity index (χ1n) is 4.40. The van der Waals surface area contributed by atoms with Crippen LogP contribution in [0.2, 0.25) is 0 Å². The highest BCUT2D eigenvalue weighted by Crippen LogP contribution is 1.86. The Morgan fingerprint density at radius 2 is 2.23 bits per heavy atom. The number of carbonyl (C=O) groups excluding carboxylic acids is 1. The molecule has 13 heavy (non-hydrogen) atoms. The highest BCUT2D eigenvalue weighted by molar-refractivity contribution is 5.78. The van der Waals surface area contributed by atoms with Crippen molar-refractivity contribution in [3.8, 4) is 0 Å². The van der Waals surface area contributed by atoms with Gasteiger partial charge < -0.3 is 15.8 Å². The molecule has 0 amide bonds. The standard InChI is InChI=1S/C8H17N3O2/c1-3-10-8(9)11-6-5-7(12)13-4-2/h3-6H2,1-2H3,(H3,9,10,11). The molecule has 0 aliphatic heterocycles. The molecular weight excluding hydrogens is 170 g/mol. The number of carbonyl (C=O) groups is 1. The van der Waals surface area contributed by atoms with Crippen LogP contribution in [0.5, 0.6) is 0 Å². The predicted molar refractivity (Wildman–Crippen MR) is 51.4 cm³/mol. The van der Waals surface area contributed by atoms with Crippen LogP contribution in [0.1, 0.15) is 20.3 Å². The lowest BCUT2D eigenvalue weighted by atomic mass is 10.4. The average Bonchev–Trinajstić information content (AvgIpc) is 2.05. The highest BCUT2D eigenvalue weighted by Gasteiger charge is 1.99. The summed E-state index contributed by atoms with van der Waals surface area (Å²) < 4.78 is 4.71. The van der Waals surface area contributed by atoms with E-state index in [4.69, 9.17) is 10.5 Å². The molecule has 0 aromatic heterocycles. The maximum atomic E-state index is 10.8. The fourth-order valence-corrected chi connectivity index (χ4v) is 0.738. The molecule has 5 heteroatoms. The second-order valence-electron chi connectivity index (χ2n) is 2.35. The van der Waals surface area contributed by atoms with Gasteiger partial charge in [0.25, 0.3) is 0 Å². The quantitative estimate of drug-likeness (QED) is 0.357. The maximum absolute atomic E-state index is 10.8. The summed E-state index contributed by atoms with van der Waals surface area (Å²) >= 11 is 0. The first kappa shape index (κ1) is 11.7. The fraction of sp³-hybridized carbons (Fsp3) is 0.750. The number of rotatable bonds is 5. The van der Waals surface area contributed by atoms with E-state index in [0.29, 0.717) is 19.1 Å². The third-order valence-electron chi connectivity index (χ3n) is 1.26. The molecule has 0 atom stereocenters. The van der Waals surface area contributed by atoms with Crippen molar-refractivity contribution in [2.45, 2.75) is 20.3 Å². The van der Waals surface area contributed by atoms with E-state index < -0.39 is 0 Å². The van der Waals surface area contributed by atoms with E-state index in [9.17, 15) is 4.79 Å². The summed E-state index contributed by atoms with van der Waals surface area (Å²) in [5, 5.41) is 2.83. The van der Waals surface area contributed by atoms with E-state index in [1.165, 1.54) is 0 Å². The number of nitrogens with two attached hydrogens (primary N) is 1. The van der Waals surface area contributed by atoms with Crippen LogP contribution in [0.4, 0.5) is 0 Å². The zero-order valence-electron chi connectivity index (χ0n) is 8.17. The molecule has 0 aliphatic rings. The van der Waals surface area contributed by atoms with Gasteiger partial charge in [-0.25, -0.2) is 0 Å². The highest BCUT2D eigenvalue weighted by atomic mass is 16.5. The van der Waals surface area contributed by atoms with Crippen LogP contribution in [0.3, 0.4) is 0 Å². The Balaban J connectivity index is 3.53. The number of ether oxygens (including phenoxy) is 1. The number of esters is 1. The van der Waals surface area contributed by atoms with E-state index in [-0.39, 0.29) is 12.4 Å². The van der Waals surface area contributed by atoms with Gasteiger partial charge in [-0.15, -0.1) is 0 Å². The molecule has 0 radical (unpaired) electrons. The molecule has 0 heterocycles. The molecular formula is C8H17N3O2. The first-order valence-corrected chi connectivity index (χ1v) is 4.40. The van der Waals surface area contributed by atoms with E-state index in [2.05, 4.69) is 10.3 Å². The number of guanidine groups is 1. The van der Waals surface area contributed by atoms with Crippen molar-refractivity contribution in [3.05, 3.63) is 0 Å². The van der Waals surface area contributed by atoms with Crippen LogP contribution in [0.25, 0.3) is 0 Å². The lowest BCUT2D eigenvalue weighted by molar-refractivity contribution is -0.142. The lowest BCUT2D eigenvalue weighted by Crippen LogP contribution is -2.31. The van der Waals surface area contributed by atoms with Gasteiger partial charge in [0.15, 0.2) is 5.96 Å². The summed E-state index contributed by atoms with van der Waals surface area (Å²) in [6.45, 7) is 5.21. The van der Waals surface area contributed by atoms with Crippen LogP contribution in [0, 0.1) is 0 Å².